The van der Waals surface area contributed by atoms with Crippen LogP contribution in [0.4, 0.5) is 0 Å². The van der Waals surface area contributed by atoms with Crippen LogP contribution in [0.5, 0.6) is 0 Å². The predicted molar refractivity (Wildman–Crippen MR) is 42.6 cm³/mol. The Morgan fingerprint density at radius 2 is 2.20 bits per heavy atom. The van der Waals surface area contributed by atoms with Crippen molar-refractivity contribution < 1.29 is 5.11 Å². The van der Waals surface area contributed by atoms with E-state index in [1.165, 1.54) is 0 Å². The van der Waals surface area contributed by atoms with Gasteiger partial charge in [-0.3, -0.25) is 0 Å². The molecule has 0 aliphatic carbocycles. The lowest BCUT2D eigenvalue weighted by Gasteiger charge is -2.14. The van der Waals surface area contributed by atoms with E-state index in [0.29, 0.717) is 0 Å². The highest BCUT2D eigenvalue weighted by molar-refractivity contribution is 4.84. The van der Waals surface area contributed by atoms with Gasteiger partial charge in [0.1, 0.15) is 0 Å². The van der Waals surface area contributed by atoms with E-state index in [0.717, 1.165) is 13.0 Å². The first-order valence-corrected chi connectivity index (χ1v) is 3.53. The summed E-state index contributed by atoms with van der Waals surface area (Å²) in [6.07, 6.45) is 5.45. The highest BCUT2D eigenvalue weighted by atomic mass is 16.3. The Morgan fingerprint density at radius 1 is 1.60 bits per heavy atom. The number of aliphatic hydroxyl groups is 1. The Bertz CT molecular complexity index is 115. The number of nitrogens with one attached hydrogen (secondary N) is 1. The molecule has 0 saturated heterocycles. The number of hydrogen-bond donors (Lipinski definition) is 2. The molecule has 0 saturated carbocycles. The van der Waals surface area contributed by atoms with E-state index in [4.69, 9.17) is 11.5 Å². The lowest BCUT2D eigenvalue weighted by atomic mass is 10.2. The zero-order valence-electron chi connectivity index (χ0n) is 6.59. The van der Waals surface area contributed by atoms with Crippen LogP contribution in [-0.2, 0) is 0 Å². The Kier molecular flexibility index (Phi) is 5.00. The van der Waals surface area contributed by atoms with E-state index < -0.39 is 0 Å². The summed E-state index contributed by atoms with van der Waals surface area (Å²) in [5.41, 5.74) is 0. The first kappa shape index (κ1) is 9.48. The molecule has 2 unspecified atom stereocenters. The Labute approximate surface area is 62.6 Å². The molecule has 2 nitrogen and oxygen atoms in total. The molecule has 2 atom stereocenters. The van der Waals surface area contributed by atoms with Crippen molar-refractivity contribution in [1.82, 2.24) is 5.32 Å². The van der Waals surface area contributed by atoms with Gasteiger partial charge in [0.15, 0.2) is 0 Å². The van der Waals surface area contributed by atoms with E-state index in [-0.39, 0.29) is 12.1 Å². The van der Waals surface area contributed by atoms with Crippen molar-refractivity contribution in [1.29, 1.82) is 0 Å². The van der Waals surface area contributed by atoms with Crippen LogP contribution in [0.25, 0.3) is 0 Å². The van der Waals surface area contributed by atoms with Crippen molar-refractivity contribution in [2.24, 2.45) is 0 Å². The van der Waals surface area contributed by atoms with E-state index >= 15 is 0 Å². The van der Waals surface area contributed by atoms with Crippen molar-refractivity contribution >= 4 is 0 Å². The highest BCUT2D eigenvalue weighted by Gasteiger charge is 2.05. The maximum atomic E-state index is 9.01. The van der Waals surface area contributed by atoms with Gasteiger partial charge in [0.2, 0.25) is 0 Å². The van der Waals surface area contributed by atoms with Crippen LogP contribution < -0.4 is 5.32 Å². The van der Waals surface area contributed by atoms with Crippen LogP contribution in [0.3, 0.4) is 0 Å². The van der Waals surface area contributed by atoms with Crippen LogP contribution in [-0.4, -0.2) is 23.8 Å². The van der Waals surface area contributed by atoms with Gasteiger partial charge in [-0.25, -0.2) is 0 Å². The van der Waals surface area contributed by atoms with Crippen LogP contribution >= 0.6 is 0 Å². The summed E-state index contributed by atoms with van der Waals surface area (Å²) < 4.78 is 0. The van der Waals surface area contributed by atoms with Crippen molar-refractivity contribution in [3.8, 4) is 12.3 Å². The van der Waals surface area contributed by atoms with Gasteiger partial charge in [0.25, 0.3) is 0 Å². The maximum absolute atomic E-state index is 9.01. The molecule has 10 heavy (non-hydrogen) atoms. The SMILES string of the molecule is C#CCCNC(C)C(C)O. The molecule has 0 aromatic heterocycles. The molecule has 0 rings (SSSR count). The fourth-order valence-corrected chi connectivity index (χ4v) is 0.543. The van der Waals surface area contributed by atoms with E-state index in [9.17, 15) is 0 Å². The third kappa shape index (κ3) is 4.37. The minimum atomic E-state index is -0.308. The largest absolute Gasteiger partial charge is 0.392 e. The van der Waals surface area contributed by atoms with E-state index in [2.05, 4.69) is 11.2 Å². The van der Waals surface area contributed by atoms with Crippen molar-refractivity contribution in [3.05, 3.63) is 0 Å². The summed E-state index contributed by atoms with van der Waals surface area (Å²) >= 11 is 0. The van der Waals surface area contributed by atoms with Gasteiger partial charge in [0, 0.05) is 19.0 Å². The molecule has 0 bridgehead atoms. The normalized spacial score (nSPS) is 15.8. The van der Waals surface area contributed by atoms with Gasteiger partial charge in [0.05, 0.1) is 6.10 Å². The van der Waals surface area contributed by atoms with E-state index in [1.54, 1.807) is 6.92 Å². The summed E-state index contributed by atoms with van der Waals surface area (Å²) in [4.78, 5) is 0. The second-order valence-corrected chi connectivity index (χ2v) is 2.44. The molecular weight excluding hydrogens is 126 g/mol. The third-order valence-corrected chi connectivity index (χ3v) is 1.46. The zero-order chi connectivity index (χ0) is 7.98. The second kappa shape index (κ2) is 5.28. The van der Waals surface area contributed by atoms with Crippen molar-refractivity contribution in [2.45, 2.75) is 32.4 Å². The lowest BCUT2D eigenvalue weighted by molar-refractivity contribution is 0.153. The first-order chi connectivity index (χ1) is 4.68. The molecule has 0 aromatic rings. The van der Waals surface area contributed by atoms with Gasteiger partial charge >= 0.3 is 0 Å². The van der Waals surface area contributed by atoms with Gasteiger partial charge in [-0.05, 0) is 13.8 Å². The summed E-state index contributed by atoms with van der Waals surface area (Å²) in [5.74, 6) is 2.52. The summed E-state index contributed by atoms with van der Waals surface area (Å²) in [6, 6.07) is 0.133. The number of terminal acetylenes is 1. The van der Waals surface area contributed by atoms with Crippen LogP contribution in [0, 0.1) is 12.3 Å². The maximum Gasteiger partial charge on any atom is 0.0662 e. The van der Waals surface area contributed by atoms with Gasteiger partial charge < -0.3 is 10.4 Å². The fourth-order valence-electron chi connectivity index (χ4n) is 0.543. The summed E-state index contributed by atoms with van der Waals surface area (Å²) in [6.45, 7) is 4.47. The minimum Gasteiger partial charge on any atom is -0.392 e. The van der Waals surface area contributed by atoms with Gasteiger partial charge in [-0.15, -0.1) is 12.3 Å². The molecule has 0 radical (unpaired) electrons. The predicted octanol–water partition coefficient (Wildman–Crippen LogP) is 0.369. The second-order valence-electron chi connectivity index (χ2n) is 2.44. The number of hydrogen-bond acceptors (Lipinski definition) is 2. The average molecular weight is 141 g/mol. The van der Waals surface area contributed by atoms with Crippen molar-refractivity contribution in [2.75, 3.05) is 6.54 Å². The smallest absolute Gasteiger partial charge is 0.0662 e. The molecule has 0 aliphatic heterocycles. The summed E-state index contributed by atoms with van der Waals surface area (Å²) in [5, 5.41) is 12.1. The number of aliphatic hydroxyl groups excluding tert-OH is 1. The average Bonchev–Trinajstić information content (AvgIpc) is 1.88. The highest BCUT2D eigenvalue weighted by Crippen LogP contribution is 1.89. The quantitative estimate of drug-likeness (QED) is 0.438. The lowest BCUT2D eigenvalue weighted by Crippen LogP contribution is -2.35. The van der Waals surface area contributed by atoms with Crippen LogP contribution in [0.15, 0.2) is 0 Å². The molecule has 58 valence electrons. The third-order valence-electron chi connectivity index (χ3n) is 1.46. The molecule has 0 fully saturated rings. The molecule has 2 heteroatoms. The Balaban J connectivity index is 3.23. The monoisotopic (exact) mass is 141 g/mol. The summed E-state index contributed by atoms with van der Waals surface area (Å²) in [7, 11) is 0. The minimum absolute atomic E-state index is 0.133. The van der Waals surface area contributed by atoms with Gasteiger partial charge in [-0.1, -0.05) is 0 Å². The number of rotatable bonds is 4. The van der Waals surface area contributed by atoms with E-state index in [1.807, 2.05) is 6.92 Å². The topological polar surface area (TPSA) is 32.3 Å². The van der Waals surface area contributed by atoms with Crippen LogP contribution in [0.1, 0.15) is 20.3 Å². The van der Waals surface area contributed by atoms with Crippen LogP contribution in [0.2, 0.25) is 0 Å². The molecule has 0 aromatic carbocycles. The Morgan fingerprint density at radius 3 is 2.60 bits per heavy atom. The van der Waals surface area contributed by atoms with Crippen molar-refractivity contribution in [3.63, 3.8) is 0 Å². The standard InChI is InChI=1S/C8H15NO/c1-4-5-6-9-7(2)8(3)10/h1,7-10H,5-6H2,2-3H3. The molecule has 0 heterocycles. The molecule has 2 N–H and O–H groups in total. The molecule has 0 aliphatic rings. The molecular formula is C8H15NO. The van der Waals surface area contributed by atoms with Gasteiger partial charge in [-0.2, -0.15) is 0 Å². The fraction of sp³-hybridized carbons (Fsp3) is 0.750. The Hall–Kier alpha value is -0.520. The first-order valence-electron chi connectivity index (χ1n) is 3.53. The zero-order valence-corrected chi connectivity index (χ0v) is 6.59. The molecule has 0 amide bonds. The molecule has 0 spiro atoms.